The molecule has 0 atom stereocenters. The standard InChI is InChI=1S/C28H40ClN3O3/c1-7-18-30-25(32-31-20-22-11-8-12-23(29)19-22)13-9-10-21-14-16-24(17-15-21)34-28(5,6)26(33)35-27(2,3)4/h8,11-12,14-17,19,31H,7,9-10,13,18,20H2,1-6H3,(H,30,32). The number of ether oxygens (including phenoxy) is 2. The van der Waals surface area contributed by atoms with Crippen molar-refractivity contribution in [3.05, 3.63) is 64.7 Å². The van der Waals surface area contributed by atoms with E-state index in [1.165, 1.54) is 5.56 Å². The van der Waals surface area contributed by atoms with E-state index in [-0.39, 0.29) is 5.97 Å². The van der Waals surface area contributed by atoms with Crippen LogP contribution in [-0.2, 0) is 22.5 Å². The molecule has 0 aliphatic rings. The van der Waals surface area contributed by atoms with E-state index in [2.05, 4.69) is 22.8 Å². The van der Waals surface area contributed by atoms with Crippen molar-refractivity contribution in [2.75, 3.05) is 6.54 Å². The lowest BCUT2D eigenvalue weighted by atomic mass is 10.1. The van der Waals surface area contributed by atoms with Gasteiger partial charge < -0.3 is 14.9 Å². The van der Waals surface area contributed by atoms with E-state index in [9.17, 15) is 4.79 Å². The van der Waals surface area contributed by atoms with Crippen molar-refractivity contribution < 1.29 is 14.3 Å². The second-order valence-electron chi connectivity index (χ2n) is 10.0. The molecule has 0 unspecified atom stereocenters. The lowest BCUT2D eigenvalue weighted by molar-refractivity contribution is -0.170. The average Bonchev–Trinajstić information content (AvgIpc) is 2.77. The molecule has 35 heavy (non-hydrogen) atoms. The lowest BCUT2D eigenvalue weighted by Gasteiger charge is -2.29. The number of hydrazine groups is 1. The van der Waals surface area contributed by atoms with Gasteiger partial charge in [0.2, 0.25) is 0 Å². The molecule has 6 nitrogen and oxygen atoms in total. The minimum atomic E-state index is -1.07. The number of hydrogen-bond acceptors (Lipinski definition) is 5. The minimum Gasteiger partial charge on any atom is -0.476 e. The molecule has 2 N–H and O–H groups in total. The Kier molecular flexibility index (Phi) is 11.1. The van der Waals surface area contributed by atoms with E-state index >= 15 is 0 Å². The summed E-state index contributed by atoms with van der Waals surface area (Å²) in [5.41, 5.74) is 7.20. The van der Waals surface area contributed by atoms with Gasteiger partial charge in [0.1, 0.15) is 17.2 Å². The zero-order chi connectivity index (χ0) is 25.9. The molecule has 2 rings (SSSR count). The fourth-order valence-corrected chi connectivity index (χ4v) is 3.46. The van der Waals surface area contributed by atoms with Gasteiger partial charge in [0, 0.05) is 24.5 Å². The van der Waals surface area contributed by atoms with Crippen LogP contribution in [0.25, 0.3) is 0 Å². The van der Waals surface area contributed by atoms with Gasteiger partial charge in [-0.25, -0.2) is 10.2 Å². The second kappa shape index (κ2) is 13.5. The number of hydrogen-bond donors (Lipinski definition) is 2. The maximum atomic E-state index is 12.4. The number of amidine groups is 1. The van der Waals surface area contributed by atoms with Crippen LogP contribution >= 0.6 is 11.6 Å². The Balaban J connectivity index is 1.83. The Morgan fingerprint density at radius 2 is 1.74 bits per heavy atom. The Labute approximate surface area is 215 Å². The summed E-state index contributed by atoms with van der Waals surface area (Å²) < 4.78 is 11.4. The number of carbonyl (C=O) groups is 1. The normalized spacial score (nSPS) is 12.4. The molecule has 0 bridgehead atoms. The van der Waals surface area contributed by atoms with E-state index in [0.29, 0.717) is 12.3 Å². The summed E-state index contributed by atoms with van der Waals surface area (Å²) >= 11 is 6.06. The Bertz CT molecular complexity index is 966. The van der Waals surface area contributed by atoms with Gasteiger partial charge in [-0.15, -0.1) is 0 Å². The molecule has 0 fully saturated rings. The van der Waals surface area contributed by atoms with Gasteiger partial charge in [-0.2, -0.15) is 0 Å². The molecule has 0 saturated carbocycles. The molecule has 7 heteroatoms. The summed E-state index contributed by atoms with van der Waals surface area (Å²) in [7, 11) is 0. The summed E-state index contributed by atoms with van der Waals surface area (Å²) in [4.78, 5) is 17.1. The molecule has 2 aromatic rings. The molecule has 0 aliphatic heterocycles. The highest BCUT2D eigenvalue weighted by Gasteiger charge is 2.34. The molecule has 0 amide bonds. The molecule has 0 saturated heterocycles. The van der Waals surface area contributed by atoms with E-state index < -0.39 is 11.2 Å². The number of benzene rings is 2. The van der Waals surface area contributed by atoms with Crippen LogP contribution in [0.3, 0.4) is 0 Å². The van der Waals surface area contributed by atoms with E-state index in [1.807, 2.05) is 69.3 Å². The van der Waals surface area contributed by atoms with Crippen molar-refractivity contribution in [2.24, 2.45) is 4.99 Å². The molecule has 0 spiro atoms. The van der Waals surface area contributed by atoms with E-state index in [1.54, 1.807) is 13.8 Å². The van der Waals surface area contributed by atoms with Crippen molar-refractivity contribution in [2.45, 2.75) is 85.0 Å². The summed E-state index contributed by atoms with van der Waals surface area (Å²) in [6.45, 7) is 12.6. The highest BCUT2D eigenvalue weighted by molar-refractivity contribution is 6.30. The van der Waals surface area contributed by atoms with Gasteiger partial charge in [0.25, 0.3) is 0 Å². The van der Waals surface area contributed by atoms with Gasteiger partial charge in [0.05, 0.1) is 0 Å². The second-order valence-corrected chi connectivity index (χ2v) is 10.5. The van der Waals surface area contributed by atoms with E-state index in [4.69, 9.17) is 21.1 Å². The first-order chi connectivity index (χ1) is 16.5. The number of nitrogens with zero attached hydrogens (tertiary/aromatic N) is 1. The number of halogens is 1. The molecule has 0 heterocycles. The van der Waals surface area contributed by atoms with Crippen LogP contribution < -0.4 is 15.6 Å². The van der Waals surface area contributed by atoms with Crippen LogP contribution in [0.15, 0.2) is 53.5 Å². The Hall–Kier alpha value is -2.57. The Morgan fingerprint density at radius 1 is 1.03 bits per heavy atom. The SMILES string of the molecule is CCCN=C(CCCc1ccc(OC(C)(C)C(=O)OC(C)(C)C)cc1)NNCc1cccc(Cl)c1. The van der Waals surface area contributed by atoms with Crippen molar-refractivity contribution in [3.8, 4) is 5.75 Å². The number of carbonyl (C=O) groups excluding carboxylic acids is 1. The fourth-order valence-electron chi connectivity index (χ4n) is 3.24. The van der Waals surface area contributed by atoms with Gasteiger partial charge in [-0.05, 0) is 89.3 Å². The van der Waals surface area contributed by atoms with Crippen LogP contribution in [0.1, 0.15) is 71.9 Å². The zero-order valence-corrected chi connectivity index (χ0v) is 22.7. The van der Waals surface area contributed by atoms with Crippen LogP contribution in [0.5, 0.6) is 5.75 Å². The lowest BCUT2D eigenvalue weighted by Crippen LogP contribution is -2.43. The average molecular weight is 502 g/mol. The first-order valence-electron chi connectivity index (χ1n) is 12.3. The summed E-state index contributed by atoms with van der Waals surface area (Å²) in [6.07, 6.45) is 3.71. The van der Waals surface area contributed by atoms with Crippen molar-refractivity contribution >= 4 is 23.4 Å². The van der Waals surface area contributed by atoms with Crippen molar-refractivity contribution in [3.63, 3.8) is 0 Å². The Morgan fingerprint density at radius 3 is 2.37 bits per heavy atom. The van der Waals surface area contributed by atoms with Crippen LogP contribution in [0, 0.1) is 0 Å². The van der Waals surface area contributed by atoms with Gasteiger partial charge in [-0.3, -0.25) is 4.99 Å². The van der Waals surface area contributed by atoms with Crippen molar-refractivity contribution in [1.29, 1.82) is 0 Å². The number of esters is 1. The number of aryl methyl sites for hydroxylation is 1. The highest BCUT2D eigenvalue weighted by atomic mass is 35.5. The topological polar surface area (TPSA) is 72.0 Å². The first-order valence-corrected chi connectivity index (χ1v) is 12.6. The van der Waals surface area contributed by atoms with Gasteiger partial charge in [-0.1, -0.05) is 42.8 Å². The molecule has 2 aromatic carbocycles. The zero-order valence-electron chi connectivity index (χ0n) is 21.9. The third kappa shape index (κ3) is 11.1. The minimum absolute atomic E-state index is 0.385. The largest absolute Gasteiger partial charge is 0.476 e. The summed E-state index contributed by atoms with van der Waals surface area (Å²) in [6, 6.07) is 15.7. The smallest absolute Gasteiger partial charge is 0.350 e. The van der Waals surface area contributed by atoms with Crippen LogP contribution in [0.4, 0.5) is 0 Å². The third-order valence-corrected chi connectivity index (χ3v) is 5.24. The molecular formula is C28H40ClN3O3. The summed E-state index contributed by atoms with van der Waals surface area (Å²) in [5, 5.41) is 0.731. The van der Waals surface area contributed by atoms with E-state index in [0.717, 1.165) is 48.6 Å². The van der Waals surface area contributed by atoms with Crippen LogP contribution in [-0.4, -0.2) is 29.6 Å². The summed E-state index contributed by atoms with van der Waals surface area (Å²) in [5.74, 6) is 1.21. The first kappa shape index (κ1) is 28.7. The monoisotopic (exact) mass is 501 g/mol. The number of aliphatic imine (C=N–C) groups is 1. The molecule has 0 aromatic heterocycles. The van der Waals surface area contributed by atoms with Crippen LogP contribution in [0.2, 0.25) is 5.02 Å². The number of rotatable bonds is 12. The quantitative estimate of drug-likeness (QED) is 0.155. The third-order valence-electron chi connectivity index (χ3n) is 5.01. The number of nitrogens with one attached hydrogen (secondary N) is 2. The molecule has 0 aliphatic carbocycles. The maximum Gasteiger partial charge on any atom is 0.350 e. The highest BCUT2D eigenvalue weighted by Crippen LogP contribution is 2.23. The predicted molar refractivity (Wildman–Crippen MR) is 144 cm³/mol. The van der Waals surface area contributed by atoms with Gasteiger partial charge in [0.15, 0.2) is 5.60 Å². The molecular weight excluding hydrogens is 462 g/mol. The van der Waals surface area contributed by atoms with Crippen molar-refractivity contribution in [1.82, 2.24) is 10.9 Å². The molecule has 192 valence electrons. The fraction of sp³-hybridized carbons (Fsp3) is 0.500. The molecule has 0 radical (unpaired) electrons. The maximum absolute atomic E-state index is 12.4. The van der Waals surface area contributed by atoms with Gasteiger partial charge >= 0.3 is 5.97 Å². The predicted octanol–water partition coefficient (Wildman–Crippen LogP) is 6.26.